The van der Waals surface area contributed by atoms with Crippen LogP contribution in [0, 0.1) is 23.2 Å². The van der Waals surface area contributed by atoms with Gasteiger partial charge < -0.3 is 19.8 Å². The molecule has 3 aliphatic carbocycles. The first-order chi connectivity index (χ1) is 21.3. The molecule has 0 unspecified atom stereocenters. The lowest BCUT2D eigenvalue weighted by Crippen LogP contribution is -2.51. The normalized spacial score (nSPS) is 29.0. The fraction of sp³-hybridized carbons (Fsp3) is 0.658. The largest absolute Gasteiger partial charge is 0.508 e. The molecule has 2 fully saturated rings. The van der Waals surface area contributed by atoms with E-state index in [1.165, 1.54) is 12.8 Å². The summed E-state index contributed by atoms with van der Waals surface area (Å²) >= 11 is 0. The van der Waals surface area contributed by atoms with Crippen molar-refractivity contribution in [1.29, 1.82) is 0 Å². The van der Waals surface area contributed by atoms with E-state index in [4.69, 9.17) is 4.74 Å². The van der Waals surface area contributed by atoms with E-state index in [2.05, 4.69) is 13.8 Å². The van der Waals surface area contributed by atoms with E-state index in [0.29, 0.717) is 30.4 Å². The summed E-state index contributed by atoms with van der Waals surface area (Å²) in [5.41, 5.74) is 2.53. The van der Waals surface area contributed by atoms with Gasteiger partial charge in [-0.25, -0.2) is 4.39 Å². The molecular weight excluding hydrogens is 553 g/mol. The van der Waals surface area contributed by atoms with Crippen LogP contribution < -0.4 is 4.74 Å². The maximum Gasteiger partial charge on any atom is 0.253 e. The average molecular weight is 608 g/mol. The van der Waals surface area contributed by atoms with Gasteiger partial charge in [0.2, 0.25) is 0 Å². The third-order valence-corrected chi connectivity index (χ3v) is 11.3. The number of benzene rings is 2. The first-order valence-electron chi connectivity index (χ1n) is 17.4. The first-order valence-corrected chi connectivity index (χ1v) is 17.4. The topological polar surface area (TPSA) is 70.0 Å². The van der Waals surface area contributed by atoms with E-state index in [1.807, 2.05) is 48.2 Å². The van der Waals surface area contributed by atoms with Gasteiger partial charge in [-0.1, -0.05) is 52.0 Å². The molecule has 6 heteroatoms. The third kappa shape index (κ3) is 6.95. The summed E-state index contributed by atoms with van der Waals surface area (Å²) in [6, 6.07) is 13.0. The average Bonchev–Trinajstić information content (AvgIpc) is 3.30. The Labute approximate surface area is 264 Å². The molecule has 2 aromatic rings. The van der Waals surface area contributed by atoms with Crippen LogP contribution in [0.1, 0.15) is 119 Å². The van der Waals surface area contributed by atoms with Crippen LogP contribution in [0.3, 0.4) is 0 Å². The smallest absolute Gasteiger partial charge is 0.253 e. The number of hydrogen-bond donors (Lipinski definition) is 2. The van der Waals surface area contributed by atoms with Crippen molar-refractivity contribution in [2.24, 2.45) is 23.2 Å². The zero-order valence-electron chi connectivity index (χ0n) is 27.1. The Balaban J connectivity index is 1.23. The number of hydrogen-bond acceptors (Lipinski definition) is 4. The van der Waals surface area contributed by atoms with Crippen LogP contribution in [0.4, 0.5) is 4.39 Å². The van der Waals surface area contributed by atoms with E-state index >= 15 is 4.39 Å². The van der Waals surface area contributed by atoms with Crippen molar-refractivity contribution in [3.8, 4) is 11.5 Å². The Bertz CT molecular complexity index is 1230. The predicted molar refractivity (Wildman–Crippen MR) is 174 cm³/mol. The van der Waals surface area contributed by atoms with Crippen molar-refractivity contribution in [3.05, 3.63) is 59.2 Å². The molecule has 0 bridgehead atoms. The van der Waals surface area contributed by atoms with Gasteiger partial charge in [-0.05, 0) is 123 Å². The summed E-state index contributed by atoms with van der Waals surface area (Å²) < 4.78 is 21.6. The molecular formula is C38H54FNO4. The first kappa shape index (κ1) is 32.8. The van der Waals surface area contributed by atoms with Crippen molar-refractivity contribution < 1.29 is 24.1 Å². The molecule has 0 aromatic heterocycles. The Kier molecular flexibility index (Phi) is 10.9. The molecule has 5 nitrogen and oxygen atoms in total. The van der Waals surface area contributed by atoms with Crippen LogP contribution in [0.2, 0.25) is 0 Å². The van der Waals surface area contributed by atoms with Gasteiger partial charge in [0.05, 0.1) is 12.7 Å². The van der Waals surface area contributed by atoms with Gasteiger partial charge in [-0.3, -0.25) is 4.79 Å². The van der Waals surface area contributed by atoms with Gasteiger partial charge in [0.1, 0.15) is 17.7 Å². The molecule has 7 atom stereocenters. The summed E-state index contributed by atoms with van der Waals surface area (Å²) in [6.07, 6.45) is 10.1. The summed E-state index contributed by atoms with van der Waals surface area (Å²) in [6.45, 7) is 8.40. The molecule has 3 aliphatic rings. The van der Waals surface area contributed by atoms with E-state index < -0.39 is 12.3 Å². The molecule has 0 radical (unpaired) electrons. The van der Waals surface area contributed by atoms with Crippen LogP contribution in [0.5, 0.6) is 11.5 Å². The standard InChI is InChI=1S/C38H54FNO4/c1-4-6-7-10-21-40(37(43)26-13-16-30(17-14-26)44-5-2)22-11-8-9-12-27-23-28-24-29(41)15-18-31(28)36-33(39)25-38(3)32(35(27)36)19-20-34(38)42/h13-18,24,27,32-36,41-42H,4-12,19-23,25H2,1-3H3/t27-,32+,33+,34+,35+,36+,38+/m1/s1. The molecule has 242 valence electrons. The summed E-state index contributed by atoms with van der Waals surface area (Å²) in [5, 5.41) is 21.2. The van der Waals surface area contributed by atoms with Gasteiger partial charge in [-0.15, -0.1) is 0 Å². The zero-order chi connectivity index (χ0) is 31.3. The maximum atomic E-state index is 16.1. The molecule has 2 saturated carbocycles. The van der Waals surface area contributed by atoms with Gasteiger partial charge in [0.25, 0.3) is 5.91 Å². The SMILES string of the molecule is CCCCCCN(CCCCC[C@@H]1Cc2cc(O)ccc2[C@@H]2[C@@H]1[C@@H]1CC[C@H](O)[C@@]1(C)C[C@@H]2F)C(=O)c1ccc(OCC)cc1. The number of amides is 1. The number of unbranched alkanes of at least 4 members (excludes halogenated alkanes) is 5. The quantitative estimate of drug-likeness (QED) is 0.211. The second-order valence-corrected chi connectivity index (χ2v) is 14.0. The lowest BCUT2D eigenvalue weighted by molar-refractivity contribution is -0.0722. The Morgan fingerprint density at radius 1 is 1.00 bits per heavy atom. The zero-order valence-corrected chi connectivity index (χ0v) is 27.1. The minimum absolute atomic E-state index is 0.0892. The monoisotopic (exact) mass is 607 g/mol. The summed E-state index contributed by atoms with van der Waals surface area (Å²) in [7, 11) is 0. The molecule has 0 heterocycles. The van der Waals surface area contributed by atoms with E-state index in [1.54, 1.807) is 6.07 Å². The number of aromatic hydroxyl groups is 1. The highest BCUT2D eigenvalue weighted by atomic mass is 19.1. The highest BCUT2D eigenvalue weighted by molar-refractivity contribution is 5.94. The molecule has 2 aromatic carbocycles. The van der Waals surface area contributed by atoms with Crippen LogP contribution in [0.15, 0.2) is 42.5 Å². The number of carbonyl (C=O) groups excluding carboxylic acids is 1. The van der Waals surface area contributed by atoms with Gasteiger partial charge in [0, 0.05) is 24.6 Å². The lowest BCUT2D eigenvalue weighted by Gasteiger charge is -2.54. The Morgan fingerprint density at radius 2 is 1.73 bits per heavy atom. The number of carbonyl (C=O) groups is 1. The predicted octanol–water partition coefficient (Wildman–Crippen LogP) is 8.47. The van der Waals surface area contributed by atoms with Gasteiger partial charge in [-0.2, -0.15) is 0 Å². The number of phenols is 1. The summed E-state index contributed by atoms with van der Waals surface area (Å²) in [4.78, 5) is 15.5. The molecule has 2 N–H and O–H groups in total. The molecule has 0 aliphatic heterocycles. The van der Waals surface area contributed by atoms with Gasteiger partial charge >= 0.3 is 0 Å². The number of aliphatic hydroxyl groups is 1. The minimum atomic E-state index is -0.977. The van der Waals surface area contributed by atoms with Gasteiger partial charge in [0.15, 0.2) is 0 Å². The number of alkyl halides is 1. The second kappa shape index (κ2) is 14.7. The maximum absolute atomic E-state index is 16.1. The molecule has 0 saturated heterocycles. The minimum Gasteiger partial charge on any atom is -0.508 e. The number of phenolic OH excluding ortho intramolecular Hbond substituents is 1. The third-order valence-electron chi connectivity index (χ3n) is 11.3. The molecule has 44 heavy (non-hydrogen) atoms. The van der Waals surface area contributed by atoms with E-state index in [0.717, 1.165) is 87.8 Å². The highest BCUT2D eigenvalue weighted by Crippen LogP contribution is 2.63. The van der Waals surface area contributed by atoms with Crippen molar-refractivity contribution in [2.75, 3.05) is 19.7 Å². The van der Waals surface area contributed by atoms with Crippen molar-refractivity contribution >= 4 is 5.91 Å². The number of ether oxygens (including phenoxy) is 1. The molecule has 0 spiro atoms. The van der Waals surface area contributed by atoms with E-state index in [-0.39, 0.29) is 28.9 Å². The number of rotatable bonds is 14. The number of aliphatic hydroxyl groups excluding tert-OH is 1. The van der Waals surface area contributed by atoms with Crippen LogP contribution >= 0.6 is 0 Å². The van der Waals surface area contributed by atoms with E-state index in [9.17, 15) is 15.0 Å². The fourth-order valence-corrected chi connectivity index (χ4v) is 9.01. The van der Waals surface area contributed by atoms with Crippen molar-refractivity contribution in [1.82, 2.24) is 4.90 Å². The lowest BCUT2D eigenvalue weighted by atomic mass is 9.51. The van der Waals surface area contributed by atoms with Crippen LogP contribution in [-0.2, 0) is 6.42 Å². The highest BCUT2D eigenvalue weighted by Gasteiger charge is 2.59. The Hall–Kier alpha value is -2.60. The van der Waals surface area contributed by atoms with Crippen molar-refractivity contribution in [2.45, 2.75) is 116 Å². The number of halogens is 1. The number of nitrogens with zero attached hydrogens (tertiary/aromatic N) is 1. The summed E-state index contributed by atoms with van der Waals surface area (Å²) in [5.74, 6) is 1.85. The fourth-order valence-electron chi connectivity index (χ4n) is 9.01. The Morgan fingerprint density at radius 3 is 2.43 bits per heavy atom. The van der Waals surface area contributed by atoms with Crippen LogP contribution in [-0.4, -0.2) is 53.0 Å². The molecule has 1 amide bonds. The van der Waals surface area contributed by atoms with Crippen molar-refractivity contribution in [3.63, 3.8) is 0 Å². The van der Waals surface area contributed by atoms with Crippen LogP contribution in [0.25, 0.3) is 0 Å². The molecule has 5 rings (SSSR count). The second-order valence-electron chi connectivity index (χ2n) is 14.0. The number of fused-ring (bicyclic) bond motifs is 5.